The maximum absolute atomic E-state index is 14.0. The summed E-state index contributed by atoms with van der Waals surface area (Å²) in [4.78, 5) is 29.6. The molecule has 9 heteroatoms. The summed E-state index contributed by atoms with van der Waals surface area (Å²) in [5.74, 6) is 0.841. The average molecular weight is 421 g/mol. The van der Waals surface area contributed by atoms with Crippen LogP contribution in [0.4, 0.5) is 10.2 Å². The van der Waals surface area contributed by atoms with Crippen molar-refractivity contribution >= 4 is 28.0 Å². The second-order valence-corrected chi connectivity index (χ2v) is 8.61. The maximum Gasteiger partial charge on any atom is 0.330 e. The minimum Gasteiger partial charge on any atom is -0.355 e. The quantitative estimate of drug-likeness (QED) is 0.507. The first-order chi connectivity index (χ1) is 15.1. The number of hydrogen-bond donors (Lipinski definition) is 0. The van der Waals surface area contributed by atoms with Crippen LogP contribution in [0.1, 0.15) is 44.6 Å². The van der Waals surface area contributed by atoms with Crippen LogP contribution >= 0.6 is 0 Å². The van der Waals surface area contributed by atoms with Gasteiger partial charge >= 0.3 is 5.69 Å². The van der Waals surface area contributed by atoms with E-state index in [0.717, 1.165) is 56.5 Å². The third-order valence-corrected chi connectivity index (χ3v) is 6.71. The van der Waals surface area contributed by atoms with Crippen LogP contribution in [0.5, 0.6) is 0 Å². The number of hydrogen-bond acceptors (Lipinski definition) is 5. The fourth-order valence-electron chi connectivity index (χ4n) is 4.90. The number of rotatable bonds is 3. The zero-order chi connectivity index (χ0) is 21.1. The van der Waals surface area contributed by atoms with Crippen molar-refractivity contribution in [2.75, 3.05) is 18.0 Å². The number of benzene rings is 1. The number of anilines is 1. The van der Waals surface area contributed by atoms with Crippen LogP contribution in [0.2, 0.25) is 0 Å². The highest BCUT2D eigenvalue weighted by Crippen LogP contribution is 2.33. The monoisotopic (exact) mass is 421 g/mol. The van der Waals surface area contributed by atoms with Gasteiger partial charge in [-0.25, -0.2) is 14.2 Å². The molecule has 0 amide bonds. The smallest absolute Gasteiger partial charge is 0.330 e. The molecule has 6 rings (SSSR count). The third kappa shape index (κ3) is 2.79. The predicted octanol–water partition coefficient (Wildman–Crippen LogP) is 3.32. The summed E-state index contributed by atoms with van der Waals surface area (Å²) < 4.78 is 19.2. The number of aromatic nitrogens is 6. The molecule has 1 saturated carbocycles. The molecule has 2 aliphatic rings. The lowest BCUT2D eigenvalue weighted by Crippen LogP contribution is -2.38. The molecular weight excluding hydrogens is 397 g/mol. The van der Waals surface area contributed by atoms with Gasteiger partial charge in [-0.15, -0.1) is 0 Å². The zero-order valence-corrected chi connectivity index (χ0v) is 17.5. The molecule has 8 nitrogen and oxygen atoms in total. The van der Waals surface area contributed by atoms with E-state index in [4.69, 9.17) is 9.97 Å². The Morgan fingerprint density at radius 1 is 1.06 bits per heavy atom. The van der Waals surface area contributed by atoms with Gasteiger partial charge in [0.15, 0.2) is 11.5 Å². The number of imidazole rings is 2. The normalized spacial score (nSPS) is 17.5. The highest BCUT2D eigenvalue weighted by molar-refractivity contribution is 5.86. The Bertz CT molecular complexity index is 1360. The first-order valence-corrected chi connectivity index (χ1v) is 11.0. The van der Waals surface area contributed by atoms with Gasteiger partial charge in [0.05, 0.1) is 11.0 Å². The molecule has 0 radical (unpaired) electrons. The number of nitrogens with zero attached hydrogens (tertiary/aromatic N) is 7. The van der Waals surface area contributed by atoms with Crippen LogP contribution in [0, 0.1) is 5.82 Å². The van der Waals surface area contributed by atoms with Gasteiger partial charge in [0.25, 0.3) is 0 Å². The summed E-state index contributed by atoms with van der Waals surface area (Å²) in [6.07, 6.45) is 8.13. The maximum atomic E-state index is 14.0. The molecule has 0 spiro atoms. The van der Waals surface area contributed by atoms with Crippen molar-refractivity contribution in [3.8, 4) is 5.95 Å². The van der Waals surface area contributed by atoms with E-state index in [9.17, 15) is 9.18 Å². The Morgan fingerprint density at radius 3 is 2.61 bits per heavy atom. The summed E-state index contributed by atoms with van der Waals surface area (Å²) in [7, 11) is 1.80. The standard InChI is InChI=1S/C22H24FN7O/c1-27-18-19(28-10-5-11-28)25-21(29-13-24-16-9-8-14(23)12-17(16)29)26-20(18)30(22(27)31)15-6-3-2-4-7-15/h8-9,12-13,15H,2-7,10-11H2,1H3. The van der Waals surface area contributed by atoms with Crippen molar-refractivity contribution in [1.82, 2.24) is 28.7 Å². The van der Waals surface area contributed by atoms with Crippen LogP contribution < -0.4 is 10.6 Å². The van der Waals surface area contributed by atoms with Gasteiger partial charge in [0.1, 0.15) is 17.7 Å². The van der Waals surface area contributed by atoms with Gasteiger partial charge in [-0.2, -0.15) is 9.97 Å². The molecule has 160 valence electrons. The summed E-state index contributed by atoms with van der Waals surface area (Å²) in [5, 5.41) is 0. The van der Waals surface area contributed by atoms with Crippen molar-refractivity contribution in [3.63, 3.8) is 0 Å². The molecule has 1 aliphatic heterocycles. The van der Waals surface area contributed by atoms with E-state index in [1.165, 1.54) is 18.6 Å². The second kappa shape index (κ2) is 6.90. The molecule has 1 aromatic carbocycles. The van der Waals surface area contributed by atoms with Crippen molar-refractivity contribution in [2.45, 2.75) is 44.6 Å². The third-order valence-electron chi connectivity index (χ3n) is 6.71. The lowest BCUT2D eigenvalue weighted by molar-refractivity contribution is 0.350. The zero-order valence-electron chi connectivity index (χ0n) is 17.5. The summed E-state index contributed by atoms with van der Waals surface area (Å²) >= 11 is 0. The molecule has 1 aliphatic carbocycles. The number of fused-ring (bicyclic) bond motifs is 2. The van der Waals surface area contributed by atoms with Crippen molar-refractivity contribution < 1.29 is 4.39 Å². The molecule has 0 bridgehead atoms. The van der Waals surface area contributed by atoms with E-state index in [2.05, 4.69) is 9.88 Å². The lowest BCUT2D eigenvalue weighted by Gasteiger charge is -2.32. The molecule has 3 aromatic heterocycles. The Kier molecular flexibility index (Phi) is 4.12. The fourth-order valence-corrected chi connectivity index (χ4v) is 4.90. The molecule has 4 aromatic rings. The molecule has 0 atom stereocenters. The predicted molar refractivity (Wildman–Crippen MR) is 116 cm³/mol. The van der Waals surface area contributed by atoms with Gasteiger partial charge in [-0.05, 0) is 31.4 Å². The minimum absolute atomic E-state index is 0.0448. The van der Waals surface area contributed by atoms with Gasteiger partial charge in [-0.1, -0.05) is 19.3 Å². The molecule has 1 saturated heterocycles. The summed E-state index contributed by atoms with van der Waals surface area (Å²) in [6.45, 7) is 1.79. The summed E-state index contributed by atoms with van der Waals surface area (Å²) in [6, 6.07) is 4.64. The molecule has 31 heavy (non-hydrogen) atoms. The Morgan fingerprint density at radius 2 is 1.87 bits per heavy atom. The van der Waals surface area contributed by atoms with E-state index in [1.807, 2.05) is 4.57 Å². The van der Waals surface area contributed by atoms with Crippen molar-refractivity contribution in [1.29, 1.82) is 0 Å². The highest BCUT2D eigenvalue weighted by Gasteiger charge is 2.29. The fraction of sp³-hybridized carbons (Fsp3) is 0.455. The topological polar surface area (TPSA) is 73.8 Å². The van der Waals surface area contributed by atoms with Crippen LogP contribution in [0.15, 0.2) is 29.3 Å². The first-order valence-electron chi connectivity index (χ1n) is 11.0. The average Bonchev–Trinajstić information content (AvgIpc) is 3.26. The van der Waals surface area contributed by atoms with E-state index in [-0.39, 0.29) is 17.5 Å². The van der Waals surface area contributed by atoms with Gasteiger partial charge in [0, 0.05) is 32.2 Å². The minimum atomic E-state index is -0.336. The van der Waals surface area contributed by atoms with Crippen molar-refractivity contribution in [2.24, 2.45) is 7.05 Å². The Balaban J connectivity index is 1.64. The molecule has 0 N–H and O–H groups in total. The Labute approximate surface area is 178 Å². The van der Waals surface area contributed by atoms with E-state index in [1.54, 1.807) is 28.6 Å². The molecule has 0 unspecified atom stereocenters. The number of halogens is 1. The SMILES string of the molecule is Cn1c(=O)n(C2CCCCC2)c2nc(-n3cnc4ccc(F)cc43)nc(N3CCC3)c21. The van der Waals surface area contributed by atoms with Crippen LogP contribution in [0.3, 0.4) is 0 Å². The van der Waals surface area contributed by atoms with Gasteiger partial charge in [0.2, 0.25) is 5.95 Å². The molecule has 2 fully saturated rings. The second-order valence-electron chi connectivity index (χ2n) is 8.61. The first kappa shape index (κ1) is 18.5. The Hall–Kier alpha value is -3.23. The van der Waals surface area contributed by atoms with Crippen LogP contribution in [-0.4, -0.2) is 41.7 Å². The van der Waals surface area contributed by atoms with Crippen LogP contribution in [-0.2, 0) is 7.05 Å². The lowest BCUT2D eigenvalue weighted by atomic mass is 9.95. The molecular formula is C22H24FN7O. The van der Waals surface area contributed by atoms with E-state index >= 15 is 0 Å². The molecule has 4 heterocycles. The number of aryl methyl sites for hydroxylation is 1. The van der Waals surface area contributed by atoms with E-state index < -0.39 is 0 Å². The van der Waals surface area contributed by atoms with E-state index in [0.29, 0.717) is 22.6 Å². The largest absolute Gasteiger partial charge is 0.355 e. The summed E-state index contributed by atoms with van der Waals surface area (Å²) in [5.41, 5.74) is 2.67. The van der Waals surface area contributed by atoms with Crippen molar-refractivity contribution in [3.05, 3.63) is 40.8 Å². The van der Waals surface area contributed by atoms with Gasteiger partial charge in [-0.3, -0.25) is 13.7 Å². The highest BCUT2D eigenvalue weighted by atomic mass is 19.1. The van der Waals surface area contributed by atoms with Gasteiger partial charge < -0.3 is 4.90 Å². The van der Waals surface area contributed by atoms with Crippen LogP contribution in [0.25, 0.3) is 28.1 Å².